The Labute approximate surface area is 196 Å². The number of aryl methyl sites for hydroxylation is 4. The summed E-state index contributed by atoms with van der Waals surface area (Å²) in [5.74, 6) is 0.346. The van der Waals surface area contributed by atoms with Crippen molar-refractivity contribution in [2.45, 2.75) is 52.0 Å². The van der Waals surface area contributed by atoms with Crippen molar-refractivity contribution in [1.82, 2.24) is 0 Å². The molecule has 174 valence electrons. The van der Waals surface area contributed by atoms with Crippen LogP contribution in [-0.4, -0.2) is 20.4 Å². The highest BCUT2D eigenvalue weighted by atomic mass is 32.2. The molecule has 0 bridgehead atoms. The van der Waals surface area contributed by atoms with Gasteiger partial charge in [-0.25, -0.2) is 8.42 Å². The van der Waals surface area contributed by atoms with Crippen molar-refractivity contribution in [1.29, 1.82) is 0 Å². The minimum Gasteiger partial charge on any atom is -0.481 e. The van der Waals surface area contributed by atoms with Crippen molar-refractivity contribution in [2.75, 3.05) is 10.0 Å². The van der Waals surface area contributed by atoms with Gasteiger partial charge in [-0.2, -0.15) is 0 Å². The van der Waals surface area contributed by atoms with E-state index in [0.29, 0.717) is 23.5 Å². The molecule has 0 aromatic heterocycles. The van der Waals surface area contributed by atoms with Crippen molar-refractivity contribution in [3.05, 3.63) is 82.9 Å². The van der Waals surface area contributed by atoms with E-state index in [2.05, 4.69) is 10.0 Å². The van der Waals surface area contributed by atoms with Crippen LogP contribution in [0.4, 0.5) is 11.4 Å². The Kier molecular flexibility index (Phi) is 7.43. The number of amides is 1. The lowest BCUT2D eigenvalue weighted by atomic mass is 10.1. The molecule has 1 atom stereocenters. The number of carbonyl (C=O) groups is 1. The van der Waals surface area contributed by atoms with Crippen LogP contribution in [-0.2, 0) is 14.8 Å². The quantitative estimate of drug-likeness (QED) is 0.458. The maximum Gasteiger partial charge on any atom is 0.265 e. The van der Waals surface area contributed by atoms with Gasteiger partial charge < -0.3 is 10.1 Å². The van der Waals surface area contributed by atoms with Crippen LogP contribution in [0, 0.1) is 27.7 Å². The van der Waals surface area contributed by atoms with Gasteiger partial charge in [-0.15, -0.1) is 0 Å². The molecule has 3 aromatic rings. The summed E-state index contributed by atoms with van der Waals surface area (Å²) in [7, 11) is -3.76. The van der Waals surface area contributed by atoms with Crippen LogP contribution in [0.2, 0.25) is 0 Å². The van der Waals surface area contributed by atoms with Crippen molar-refractivity contribution >= 4 is 27.3 Å². The molecule has 2 N–H and O–H groups in total. The molecule has 7 heteroatoms. The Morgan fingerprint density at radius 2 is 1.52 bits per heavy atom. The highest BCUT2D eigenvalue weighted by Gasteiger charge is 2.20. The maximum atomic E-state index is 12.8. The third kappa shape index (κ3) is 5.93. The minimum absolute atomic E-state index is 0.113. The Morgan fingerprint density at radius 3 is 2.09 bits per heavy atom. The van der Waals surface area contributed by atoms with Crippen LogP contribution in [0.5, 0.6) is 5.75 Å². The predicted octanol–water partition coefficient (Wildman–Crippen LogP) is 5.52. The molecule has 0 radical (unpaired) electrons. The summed E-state index contributed by atoms with van der Waals surface area (Å²) in [5, 5.41) is 2.81. The lowest BCUT2D eigenvalue weighted by Gasteiger charge is -2.18. The van der Waals surface area contributed by atoms with E-state index >= 15 is 0 Å². The highest BCUT2D eigenvalue weighted by Crippen LogP contribution is 2.24. The Balaban J connectivity index is 1.70. The van der Waals surface area contributed by atoms with Crippen molar-refractivity contribution in [3.63, 3.8) is 0 Å². The van der Waals surface area contributed by atoms with Crippen LogP contribution in [0.3, 0.4) is 0 Å². The maximum absolute atomic E-state index is 12.8. The fourth-order valence-electron chi connectivity index (χ4n) is 3.38. The molecular weight excluding hydrogens is 436 g/mol. The second-order valence-corrected chi connectivity index (χ2v) is 9.83. The van der Waals surface area contributed by atoms with E-state index in [1.165, 1.54) is 12.1 Å². The van der Waals surface area contributed by atoms with Gasteiger partial charge in [0.2, 0.25) is 0 Å². The molecule has 1 amide bonds. The van der Waals surface area contributed by atoms with Gasteiger partial charge in [0.25, 0.3) is 15.9 Å². The number of benzene rings is 3. The number of hydrogen-bond acceptors (Lipinski definition) is 4. The van der Waals surface area contributed by atoms with Crippen LogP contribution < -0.4 is 14.8 Å². The molecule has 3 rings (SSSR count). The lowest BCUT2D eigenvalue weighted by Crippen LogP contribution is -2.32. The van der Waals surface area contributed by atoms with Gasteiger partial charge >= 0.3 is 0 Å². The van der Waals surface area contributed by atoms with Gasteiger partial charge in [0.1, 0.15) is 5.75 Å². The van der Waals surface area contributed by atoms with Crippen molar-refractivity contribution in [2.24, 2.45) is 0 Å². The first-order valence-electron chi connectivity index (χ1n) is 10.8. The average Bonchev–Trinajstić information content (AvgIpc) is 2.77. The first kappa shape index (κ1) is 24.3. The molecule has 0 saturated carbocycles. The van der Waals surface area contributed by atoms with Gasteiger partial charge in [0.15, 0.2) is 6.10 Å². The number of rotatable bonds is 8. The third-order valence-electron chi connectivity index (χ3n) is 5.57. The third-order valence-corrected chi connectivity index (χ3v) is 6.94. The van der Waals surface area contributed by atoms with E-state index < -0.39 is 16.1 Å². The molecule has 3 aromatic carbocycles. The van der Waals surface area contributed by atoms with Gasteiger partial charge in [-0.05, 0) is 92.8 Å². The second kappa shape index (κ2) is 10.1. The van der Waals surface area contributed by atoms with Crippen LogP contribution in [0.15, 0.2) is 65.6 Å². The Hall–Kier alpha value is -3.32. The zero-order valence-corrected chi connectivity index (χ0v) is 20.4. The van der Waals surface area contributed by atoms with Crippen molar-refractivity contribution in [3.8, 4) is 5.75 Å². The predicted molar refractivity (Wildman–Crippen MR) is 132 cm³/mol. The summed E-state index contributed by atoms with van der Waals surface area (Å²) >= 11 is 0. The molecule has 0 aliphatic rings. The smallest absolute Gasteiger partial charge is 0.265 e. The molecule has 0 spiro atoms. The van der Waals surface area contributed by atoms with Crippen molar-refractivity contribution < 1.29 is 17.9 Å². The first-order chi connectivity index (χ1) is 15.6. The molecule has 0 aliphatic carbocycles. The van der Waals surface area contributed by atoms with Gasteiger partial charge in [0.05, 0.1) is 10.6 Å². The van der Waals surface area contributed by atoms with E-state index in [-0.39, 0.29) is 10.8 Å². The highest BCUT2D eigenvalue weighted by molar-refractivity contribution is 7.92. The van der Waals surface area contributed by atoms with Gasteiger partial charge in [-0.3, -0.25) is 9.52 Å². The summed E-state index contributed by atoms with van der Waals surface area (Å²) < 4.78 is 34.2. The first-order valence-corrected chi connectivity index (χ1v) is 12.3. The molecule has 6 nitrogen and oxygen atoms in total. The van der Waals surface area contributed by atoms with E-state index in [1.807, 2.05) is 71.0 Å². The number of nitrogens with one attached hydrogen (secondary N) is 2. The average molecular weight is 467 g/mol. The normalized spacial score (nSPS) is 12.2. The number of sulfonamides is 1. The molecule has 0 saturated heterocycles. The minimum atomic E-state index is -3.76. The summed E-state index contributed by atoms with van der Waals surface area (Å²) in [4.78, 5) is 12.8. The number of anilines is 2. The topological polar surface area (TPSA) is 84.5 Å². The number of hydrogen-bond donors (Lipinski definition) is 2. The lowest BCUT2D eigenvalue weighted by molar-refractivity contribution is -0.122. The zero-order chi connectivity index (χ0) is 24.2. The molecular formula is C26H30N2O4S. The SMILES string of the molecule is CC[C@H](Oc1ccc(C)c(C)c1)C(=O)Nc1ccc(S(=O)(=O)Nc2c(C)cccc2C)cc1. The number of para-hydroxylation sites is 1. The molecule has 0 heterocycles. The van der Waals surface area contributed by atoms with E-state index in [0.717, 1.165) is 22.3 Å². The number of carbonyl (C=O) groups excluding carboxylic acids is 1. The Morgan fingerprint density at radius 1 is 0.879 bits per heavy atom. The summed E-state index contributed by atoms with van der Waals surface area (Å²) in [6, 6.07) is 17.4. The molecule has 0 fully saturated rings. The van der Waals surface area contributed by atoms with Crippen LogP contribution in [0.1, 0.15) is 35.6 Å². The second-order valence-electron chi connectivity index (χ2n) is 8.15. The van der Waals surface area contributed by atoms with E-state index in [1.54, 1.807) is 12.1 Å². The van der Waals surface area contributed by atoms with E-state index in [4.69, 9.17) is 4.74 Å². The molecule has 0 aliphatic heterocycles. The van der Waals surface area contributed by atoms with Crippen LogP contribution >= 0.6 is 0 Å². The molecule has 0 unspecified atom stereocenters. The number of ether oxygens (including phenoxy) is 1. The monoisotopic (exact) mass is 466 g/mol. The van der Waals surface area contributed by atoms with E-state index in [9.17, 15) is 13.2 Å². The fourth-order valence-corrected chi connectivity index (χ4v) is 4.59. The summed E-state index contributed by atoms with van der Waals surface area (Å²) in [6.07, 6.45) is -0.175. The molecule has 33 heavy (non-hydrogen) atoms. The summed E-state index contributed by atoms with van der Waals surface area (Å²) in [6.45, 7) is 9.60. The summed E-state index contributed by atoms with van der Waals surface area (Å²) in [5.41, 5.74) is 5.00. The standard InChI is InChI=1S/C26H30N2O4S/c1-6-24(32-22-13-10-17(2)20(5)16-22)26(29)27-21-11-14-23(15-12-21)33(30,31)28-25-18(3)8-7-9-19(25)4/h7-16,24,28H,6H2,1-5H3,(H,27,29)/t24-/m0/s1. The van der Waals surface area contributed by atoms with Crippen LogP contribution in [0.25, 0.3) is 0 Å². The van der Waals surface area contributed by atoms with Gasteiger partial charge in [0, 0.05) is 5.69 Å². The fraction of sp³-hybridized carbons (Fsp3) is 0.269. The Bertz CT molecular complexity index is 1230. The zero-order valence-electron chi connectivity index (χ0n) is 19.6. The van der Waals surface area contributed by atoms with Gasteiger partial charge in [-0.1, -0.05) is 31.2 Å². The largest absolute Gasteiger partial charge is 0.481 e.